The summed E-state index contributed by atoms with van der Waals surface area (Å²) in [5.74, 6) is 0. The Morgan fingerprint density at radius 2 is 2.50 bits per heavy atom. The van der Waals surface area contributed by atoms with Gasteiger partial charge in [0.2, 0.25) is 0 Å². The van der Waals surface area contributed by atoms with E-state index in [1.807, 2.05) is 13.0 Å². The zero-order chi connectivity index (χ0) is 8.81. The highest BCUT2D eigenvalue weighted by molar-refractivity contribution is 4.98. The largest absolute Gasteiger partial charge is 0.311 e. The van der Waals surface area contributed by atoms with E-state index in [4.69, 9.17) is 0 Å². The molecule has 0 atom stereocenters. The summed E-state index contributed by atoms with van der Waals surface area (Å²) < 4.78 is 13.5. The Morgan fingerprint density at radius 3 is 3.17 bits per heavy atom. The summed E-state index contributed by atoms with van der Waals surface area (Å²) in [7, 11) is 0. The van der Waals surface area contributed by atoms with E-state index >= 15 is 0 Å². The first kappa shape index (κ1) is 9.19. The molecule has 1 heterocycles. The minimum Gasteiger partial charge on any atom is -0.311 e. The van der Waals surface area contributed by atoms with Crippen molar-refractivity contribution in [2.24, 2.45) is 0 Å². The standard InChI is InChI=1S/C8H14FN3/c1-2-10-7-8-3-5-12(11-8)6-4-9/h3,5,10H,2,4,6-7H2,1H3. The lowest BCUT2D eigenvalue weighted by Gasteiger charge is -1.97. The zero-order valence-electron chi connectivity index (χ0n) is 7.26. The van der Waals surface area contributed by atoms with E-state index in [-0.39, 0.29) is 6.67 Å². The molecule has 0 aliphatic rings. The summed E-state index contributed by atoms with van der Waals surface area (Å²) in [6.07, 6.45) is 1.80. The molecule has 0 saturated heterocycles. The third-order valence-electron chi connectivity index (χ3n) is 1.57. The predicted molar refractivity (Wildman–Crippen MR) is 45.6 cm³/mol. The molecular weight excluding hydrogens is 157 g/mol. The molecule has 68 valence electrons. The van der Waals surface area contributed by atoms with E-state index in [9.17, 15) is 4.39 Å². The Bertz CT molecular complexity index is 222. The molecule has 0 unspecified atom stereocenters. The van der Waals surface area contributed by atoms with Gasteiger partial charge in [0.25, 0.3) is 0 Å². The van der Waals surface area contributed by atoms with Crippen molar-refractivity contribution in [3.8, 4) is 0 Å². The average Bonchev–Trinajstić information content (AvgIpc) is 2.50. The fourth-order valence-corrected chi connectivity index (χ4v) is 0.962. The van der Waals surface area contributed by atoms with E-state index in [2.05, 4.69) is 10.4 Å². The van der Waals surface area contributed by atoms with Crippen molar-refractivity contribution in [1.29, 1.82) is 0 Å². The molecular formula is C8H14FN3. The summed E-state index contributed by atoms with van der Waals surface area (Å²) in [5.41, 5.74) is 0.963. The van der Waals surface area contributed by atoms with Crippen molar-refractivity contribution < 1.29 is 4.39 Å². The fourth-order valence-electron chi connectivity index (χ4n) is 0.962. The third-order valence-corrected chi connectivity index (χ3v) is 1.57. The Labute approximate surface area is 71.6 Å². The SMILES string of the molecule is CCNCc1ccn(CCF)n1. The number of alkyl halides is 1. The highest BCUT2D eigenvalue weighted by atomic mass is 19.1. The lowest BCUT2D eigenvalue weighted by molar-refractivity contribution is 0.425. The summed E-state index contributed by atoms with van der Waals surface area (Å²) in [4.78, 5) is 0. The Hall–Kier alpha value is -0.900. The van der Waals surface area contributed by atoms with Crippen molar-refractivity contribution in [2.45, 2.75) is 20.0 Å². The molecule has 0 bridgehead atoms. The van der Waals surface area contributed by atoms with Crippen molar-refractivity contribution >= 4 is 0 Å². The van der Waals surface area contributed by atoms with Crippen LogP contribution in [-0.2, 0) is 13.1 Å². The molecule has 12 heavy (non-hydrogen) atoms. The Morgan fingerprint density at radius 1 is 1.67 bits per heavy atom. The van der Waals surface area contributed by atoms with Crippen LogP contribution in [0.15, 0.2) is 12.3 Å². The Balaban J connectivity index is 2.41. The van der Waals surface area contributed by atoms with Crippen LogP contribution in [0.2, 0.25) is 0 Å². The number of nitrogens with zero attached hydrogens (tertiary/aromatic N) is 2. The molecule has 0 spiro atoms. The number of nitrogens with one attached hydrogen (secondary N) is 1. The summed E-state index contributed by atoms with van der Waals surface area (Å²) >= 11 is 0. The Kier molecular flexibility index (Phi) is 3.73. The van der Waals surface area contributed by atoms with Gasteiger partial charge in [-0.25, -0.2) is 4.39 Å². The molecule has 4 heteroatoms. The van der Waals surface area contributed by atoms with E-state index < -0.39 is 0 Å². The van der Waals surface area contributed by atoms with E-state index in [1.165, 1.54) is 0 Å². The van der Waals surface area contributed by atoms with Gasteiger partial charge < -0.3 is 5.32 Å². The average molecular weight is 171 g/mol. The molecule has 0 saturated carbocycles. The van der Waals surface area contributed by atoms with Crippen LogP contribution in [0.25, 0.3) is 0 Å². The summed E-state index contributed by atoms with van der Waals surface area (Å²) in [5, 5.41) is 7.30. The van der Waals surface area contributed by atoms with Crippen molar-refractivity contribution in [2.75, 3.05) is 13.2 Å². The van der Waals surface area contributed by atoms with Gasteiger partial charge in [0.1, 0.15) is 6.67 Å². The molecule has 0 fully saturated rings. The first-order chi connectivity index (χ1) is 5.86. The van der Waals surface area contributed by atoms with Crippen LogP contribution in [0.1, 0.15) is 12.6 Å². The maximum absolute atomic E-state index is 11.9. The molecule has 0 amide bonds. The second kappa shape index (κ2) is 4.87. The van der Waals surface area contributed by atoms with Gasteiger partial charge in [-0.2, -0.15) is 5.10 Å². The topological polar surface area (TPSA) is 29.9 Å². The lowest BCUT2D eigenvalue weighted by atomic mass is 10.4. The highest BCUT2D eigenvalue weighted by Crippen LogP contribution is 1.94. The van der Waals surface area contributed by atoms with Gasteiger partial charge in [-0.3, -0.25) is 4.68 Å². The molecule has 1 rings (SSSR count). The summed E-state index contributed by atoms with van der Waals surface area (Å²) in [6, 6.07) is 1.90. The van der Waals surface area contributed by atoms with E-state index in [0.717, 1.165) is 18.8 Å². The van der Waals surface area contributed by atoms with Crippen molar-refractivity contribution in [3.63, 3.8) is 0 Å². The number of aryl methyl sites for hydroxylation is 1. The minimum atomic E-state index is -0.359. The zero-order valence-corrected chi connectivity index (χ0v) is 7.26. The van der Waals surface area contributed by atoms with Crippen LogP contribution in [0, 0.1) is 0 Å². The van der Waals surface area contributed by atoms with Gasteiger partial charge in [0, 0.05) is 12.7 Å². The first-order valence-corrected chi connectivity index (χ1v) is 4.16. The van der Waals surface area contributed by atoms with Crippen molar-refractivity contribution in [3.05, 3.63) is 18.0 Å². The first-order valence-electron chi connectivity index (χ1n) is 4.16. The maximum atomic E-state index is 11.9. The van der Waals surface area contributed by atoms with Crippen LogP contribution < -0.4 is 5.32 Å². The number of hydrogen-bond acceptors (Lipinski definition) is 2. The number of rotatable bonds is 5. The quantitative estimate of drug-likeness (QED) is 0.715. The smallest absolute Gasteiger partial charge is 0.109 e. The second-order valence-electron chi connectivity index (χ2n) is 2.54. The molecule has 0 aliphatic heterocycles. The molecule has 1 N–H and O–H groups in total. The number of aromatic nitrogens is 2. The maximum Gasteiger partial charge on any atom is 0.109 e. The molecule has 1 aromatic rings. The van der Waals surface area contributed by atoms with Gasteiger partial charge in [0.05, 0.1) is 12.2 Å². The van der Waals surface area contributed by atoms with Gasteiger partial charge in [-0.15, -0.1) is 0 Å². The van der Waals surface area contributed by atoms with Crippen LogP contribution in [0.5, 0.6) is 0 Å². The predicted octanol–water partition coefficient (Wildman–Crippen LogP) is 0.962. The normalized spacial score (nSPS) is 10.5. The van der Waals surface area contributed by atoms with Gasteiger partial charge in [0.15, 0.2) is 0 Å². The molecule has 0 aromatic carbocycles. The third kappa shape index (κ3) is 2.62. The lowest BCUT2D eigenvalue weighted by Crippen LogP contribution is -2.12. The monoisotopic (exact) mass is 171 g/mol. The van der Waals surface area contributed by atoms with Crippen LogP contribution in [-0.4, -0.2) is 23.0 Å². The van der Waals surface area contributed by atoms with Crippen LogP contribution in [0.4, 0.5) is 4.39 Å². The molecule has 3 nitrogen and oxygen atoms in total. The second-order valence-corrected chi connectivity index (χ2v) is 2.54. The van der Waals surface area contributed by atoms with Gasteiger partial charge in [-0.05, 0) is 12.6 Å². The molecule has 0 radical (unpaired) electrons. The van der Waals surface area contributed by atoms with Crippen LogP contribution >= 0.6 is 0 Å². The highest BCUT2D eigenvalue weighted by Gasteiger charge is 1.96. The molecule has 0 aliphatic carbocycles. The van der Waals surface area contributed by atoms with E-state index in [1.54, 1.807) is 10.9 Å². The minimum absolute atomic E-state index is 0.353. The number of halogens is 1. The number of hydrogen-bond donors (Lipinski definition) is 1. The van der Waals surface area contributed by atoms with Crippen molar-refractivity contribution in [1.82, 2.24) is 15.1 Å². The van der Waals surface area contributed by atoms with Crippen LogP contribution in [0.3, 0.4) is 0 Å². The van der Waals surface area contributed by atoms with E-state index in [0.29, 0.717) is 6.54 Å². The summed E-state index contributed by atoms with van der Waals surface area (Å²) in [6.45, 7) is 3.72. The molecule has 1 aromatic heterocycles. The van der Waals surface area contributed by atoms with Gasteiger partial charge in [-0.1, -0.05) is 6.92 Å². The van der Waals surface area contributed by atoms with Gasteiger partial charge >= 0.3 is 0 Å². The fraction of sp³-hybridized carbons (Fsp3) is 0.625.